The minimum Gasteiger partial charge on any atom is -0.326 e. The summed E-state index contributed by atoms with van der Waals surface area (Å²) in [6.45, 7) is 4.15. The summed E-state index contributed by atoms with van der Waals surface area (Å²) in [5.74, 6) is -0.459. The van der Waals surface area contributed by atoms with E-state index in [1.165, 1.54) is 6.92 Å². The molecule has 0 atom stereocenters. The molecule has 0 saturated carbocycles. The van der Waals surface area contributed by atoms with Crippen molar-refractivity contribution in [1.82, 2.24) is 9.13 Å². The zero-order valence-corrected chi connectivity index (χ0v) is 16.4. The Balaban J connectivity index is 1.72. The largest absolute Gasteiger partial charge is 0.329 e. The van der Waals surface area contributed by atoms with Crippen molar-refractivity contribution in [3.05, 3.63) is 58.0 Å². The molecule has 0 spiro atoms. The Labute approximate surface area is 166 Å². The SMILES string of the molecule is CCn1c(=O)n(CCC(=O)Nc2ccc(NC(C)=O)cc2Cl)c2ccccc21. The van der Waals surface area contributed by atoms with E-state index in [0.717, 1.165) is 11.0 Å². The van der Waals surface area contributed by atoms with Crippen LogP contribution >= 0.6 is 11.6 Å². The quantitative estimate of drug-likeness (QED) is 0.664. The van der Waals surface area contributed by atoms with E-state index in [1.54, 1.807) is 27.3 Å². The van der Waals surface area contributed by atoms with Crippen LogP contribution < -0.4 is 16.3 Å². The molecule has 1 heterocycles. The van der Waals surface area contributed by atoms with Gasteiger partial charge >= 0.3 is 5.69 Å². The van der Waals surface area contributed by atoms with E-state index in [0.29, 0.717) is 22.9 Å². The van der Waals surface area contributed by atoms with Gasteiger partial charge in [0.25, 0.3) is 0 Å². The molecule has 0 bridgehead atoms. The first-order chi connectivity index (χ1) is 13.4. The van der Waals surface area contributed by atoms with Gasteiger partial charge < -0.3 is 10.6 Å². The van der Waals surface area contributed by atoms with Gasteiger partial charge in [0.15, 0.2) is 0 Å². The number of fused-ring (bicyclic) bond motifs is 1. The summed E-state index contributed by atoms with van der Waals surface area (Å²) in [6.07, 6.45) is 0.126. The molecule has 28 heavy (non-hydrogen) atoms. The highest BCUT2D eigenvalue weighted by molar-refractivity contribution is 6.34. The molecule has 0 aliphatic heterocycles. The van der Waals surface area contributed by atoms with Crippen LogP contribution in [0.3, 0.4) is 0 Å². The fraction of sp³-hybridized carbons (Fsp3) is 0.250. The number of hydrogen-bond donors (Lipinski definition) is 2. The molecule has 0 aliphatic carbocycles. The number of nitrogens with one attached hydrogen (secondary N) is 2. The Morgan fingerprint density at radius 2 is 1.71 bits per heavy atom. The van der Waals surface area contributed by atoms with Crippen LogP contribution in [-0.4, -0.2) is 20.9 Å². The smallest absolute Gasteiger partial charge is 0.326 e. The number of para-hydroxylation sites is 2. The van der Waals surface area contributed by atoms with E-state index in [-0.39, 0.29) is 30.5 Å². The highest BCUT2D eigenvalue weighted by Crippen LogP contribution is 2.25. The highest BCUT2D eigenvalue weighted by Gasteiger charge is 2.13. The molecule has 2 N–H and O–H groups in total. The van der Waals surface area contributed by atoms with E-state index in [1.807, 2.05) is 31.2 Å². The lowest BCUT2D eigenvalue weighted by molar-refractivity contribution is -0.116. The summed E-state index contributed by atoms with van der Waals surface area (Å²) in [6, 6.07) is 12.4. The second kappa shape index (κ2) is 8.31. The molecule has 3 aromatic rings. The maximum atomic E-state index is 12.6. The van der Waals surface area contributed by atoms with Crippen LogP contribution in [-0.2, 0) is 22.7 Å². The molecule has 0 aliphatic rings. The van der Waals surface area contributed by atoms with Crippen LogP contribution in [0, 0.1) is 0 Å². The summed E-state index contributed by atoms with van der Waals surface area (Å²) in [5, 5.41) is 5.69. The van der Waals surface area contributed by atoms with Crippen molar-refractivity contribution >= 4 is 45.8 Å². The monoisotopic (exact) mass is 400 g/mol. The third-order valence-electron chi connectivity index (χ3n) is 4.37. The van der Waals surface area contributed by atoms with Crippen LogP contribution in [0.1, 0.15) is 20.3 Å². The number of aromatic nitrogens is 2. The number of benzene rings is 2. The second-order valence-corrected chi connectivity index (χ2v) is 6.75. The van der Waals surface area contributed by atoms with Gasteiger partial charge in [-0.1, -0.05) is 23.7 Å². The van der Waals surface area contributed by atoms with E-state index in [9.17, 15) is 14.4 Å². The van der Waals surface area contributed by atoms with Gasteiger partial charge in [0.2, 0.25) is 11.8 Å². The highest BCUT2D eigenvalue weighted by atomic mass is 35.5. The van der Waals surface area contributed by atoms with Gasteiger partial charge in [-0.25, -0.2) is 4.79 Å². The third kappa shape index (κ3) is 4.09. The summed E-state index contributed by atoms with van der Waals surface area (Å²) in [7, 11) is 0. The third-order valence-corrected chi connectivity index (χ3v) is 4.68. The number of amides is 2. The molecular weight excluding hydrogens is 380 g/mol. The number of carbonyl (C=O) groups excluding carboxylic acids is 2. The first-order valence-electron chi connectivity index (χ1n) is 8.95. The molecule has 0 radical (unpaired) electrons. The standard InChI is InChI=1S/C20H21ClN4O3/c1-3-24-17-6-4-5-7-18(17)25(20(24)28)11-10-19(27)23-16-9-8-14(12-15(16)21)22-13(2)26/h4-9,12H,3,10-11H2,1-2H3,(H,22,26)(H,23,27). The maximum absolute atomic E-state index is 12.6. The molecule has 2 aromatic carbocycles. The molecule has 0 unspecified atom stereocenters. The number of halogens is 1. The number of anilines is 2. The van der Waals surface area contributed by atoms with Crippen molar-refractivity contribution in [2.24, 2.45) is 0 Å². The van der Waals surface area contributed by atoms with Crippen molar-refractivity contribution < 1.29 is 9.59 Å². The summed E-state index contributed by atoms with van der Waals surface area (Å²) in [4.78, 5) is 36.1. The van der Waals surface area contributed by atoms with Gasteiger partial charge in [-0.05, 0) is 37.3 Å². The molecule has 0 saturated heterocycles. The normalized spacial score (nSPS) is 10.8. The van der Waals surface area contributed by atoms with E-state index >= 15 is 0 Å². The number of hydrogen-bond acceptors (Lipinski definition) is 3. The lowest BCUT2D eigenvalue weighted by Crippen LogP contribution is -2.25. The summed E-state index contributed by atoms with van der Waals surface area (Å²) < 4.78 is 3.30. The zero-order chi connectivity index (χ0) is 20.3. The Morgan fingerprint density at radius 3 is 2.32 bits per heavy atom. The fourth-order valence-electron chi connectivity index (χ4n) is 3.12. The average Bonchev–Trinajstić information content (AvgIpc) is 2.92. The Kier molecular flexibility index (Phi) is 5.84. The van der Waals surface area contributed by atoms with Crippen LogP contribution in [0.15, 0.2) is 47.3 Å². The number of rotatable bonds is 6. The number of carbonyl (C=O) groups is 2. The number of imidazole rings is 1. The van der Waals surface area contributed by atoms with E-state index in [4.69, 9.17) is 11.6 Å². The van der Waals surface area contributed by atoms with Crippen LogP contribution in [0.5, 0.6) is 0 Å². The summed E-state index contributed by atoms with van der Waals surface area (Å²) >= 11 is 6.17. The van der Waals surface area contributed by atoms with E-state index in [2.05, 4.69) is 10.6 Å². The zero-order valence-electron chi connectivity index (χ0n) is 15.7. The summed E-state index contributed by atoms with van der Waals surface area (Å²) in [5.41, 5.74) is 2.53. The van der Waals surface area contributed by atoms with Crippen molar-refractivity contribution in [3.63, 3.8) is 0 Å². The molecule has 7 nitrogen and oxygen atoms in total. The minimum atomic E-state index is -0.255. The topological polar surface area (TPSA) is 85.1 Å². The molecule has 146 valence electrons. The van der Waals surface area contributed by atoms with Crippen molar-refractivity contribution in [3.8, 4) is 0 Å². The minimum absolute atomic E-state index is 0.126. The fourth-order valence-corrected chi connectivity index (χ4v) is 3.35. The van der Waals surface area contributed by atoms with Gasteiger partial charge in [-0.15, -0.1) is 0 Å². The number of aryl methyl sites for hydroxylation is 2. The molecular formula is C20H21ClN4O3. The predicted octanol–water partition coefficient (Wildman–Crippen LogP) is 3.46. The van der Waals surface area contributed by atoms with Crippen LogP contribution in [0.2, 0.25) is 5.02 Å². The molecule has 1 aromatic heterocycles. The van der Waals surface area contributed by atoms with Gasteiger partial charge in [-0.2, -0.15) is 0 Å². The molecule has 2 amide bonds. The van der Waals surface area contributed by atoms with Crippen LogP contribution in [0.25, 0.3) is 11.0 Å². The average molecular weight is 401 g/mol. The predicted molar refractivity (Wildman–Crippen MR) is 111 cm³/mol. The van der Waals surface area contributed by atoms with Gasteiger partial charge in [-0.3, -0.25) is 18.7 Å². The maximum Gasteiger partial charge on any atom is 0.329 e. The van der Waals surface area contributed by atoms with Crippen LogP contribution in [0.4, 0.5) is 11.4 Å². The Hall–Kier alpha value is -3.06. The molecule has 3 rings (SSSR count). The van der Waals surface area contributed by atoms with Gasteiger partial charge in [0, 0.05) is 32.1 Å². The van der Waals surface area contributed by atoms with Crippen molar-refractivity contribution in [2.45, 2.75) is 33.4 Å². The number of nitrogens with zero attached hydrogens (tertiary/aromatic N) is 2. The second-order valence-electron chi connectivity index (χ2n) is 6.34. The first-order valence-corrected chi connectivity index (χ1v) is 9.33. The van der Waals surface area contributed by atoms with Crippen molar-refractivity contribution in [2.75, 3.05) is 10.6 Å². The lowest BCUT2D eigenvalue weighted by atomic mass is 10.2. The molecule has 0 fully saturated rings. The van der Waals surface area contributed by atoms with Gasteiger partial charge in [0.05, 0.1) is 21.7 Å². The lowest BCUT2D eigenvalue weighted by Gasteiger charge is -2.10. The molecule has 8 heteroatoms. The first kappa shape index (κ1) is 19.7. The van der Waals surface area contributed by atoms with Gasteiger partial charge in [0.1, 0.15) is 0 Å². The van der Waals surface area contributed by atoms with Crippen molar-refractivity contribution in [1.29, 1.82) is 0 Å². The van der Waals surface area contributed by atoms with E-state index < -0.39 is 0 Å². The Bertz CT molecular complexity index is 1100. The Morgan fingerprint density at radius 1 is 1.04 bits per heavy atom.